The van der Waals surface area contributed by atoms with Crippen LogP contribution in [-0.4, -0.2) is 18.8 Å². The second-order valence-corrected chi connectivity index (χ2v) is 18.3. The molecule has 9 aromatic carbocycles. The van der Waals surface area contributed by atoms with Crippen molar-refractivity contribution in [1.29, 1.82) is 0 Å². The number of pyridine rings is 2. The van der Waals surface area contributed by atoms with Gasteiger partial charge in [0.05, 0.1) is 22.8 Å². The summed E-state index contributed by atoms with van der Waals surface area (Å²) in [5.41, 5.74) is 21.0. The van der Waals surface area contributed by atoms with Gasteiger partial charge in [0.2, 0.25) is 0 Å². The topological polar surface area (TPSA) is 41.1 Å². The Morgan fingerprint density at radius 1 is 0.230 bits per heavy atom. The van der Waals surface area contributed by atoms with Gasteiger partial charge < -0.3 is 9.80 Å². The molecule has 6 heteroatoms. The van der Waals surface area contributed by atoms with Crippen LogP contribution in [0.1, 0.15) is 0 Å². The average molecular weight is 949 g/mol. The number of anilines is 6. The molecule has 0 aliphatic heterocycles. The fourth-order valence-electron chi connectivity index (χ4n) is 10.2. The van der Waals surface area contributed by atoms with Gasteiger partial charge >= 0.3 is 0 Å². The van der Waals surface area contributed by atoms with Crippen molar-refractivity contribution in [3.8, 4) is 67.3 Å². The molecule has 0 atom stereocenters. The SMILES string of the molecule is c1ccc(-c2ccc(N(c3ccc(-c4ccc(N(c5ccccc5)c5cccc(-c6nc7ccccn7c6-c6ccccc6)c5)cc4)cc3)c3cccc(-c4nc5ccccn5c4-c4ccccc4)c3)cc2)cc1. The van der Waals surface area contributed by atoms with E-state index in [0.717, 1.165) is 102 Å². The molecule has 0 fully saturated rings. The Hall–Kier alpha value is -10.0. The predicted molar refractivity (Wildman–Crippen MR) is 306 cm³/mol. The van der Waals surface area contributed by atoms with Crippen LogP contribution >= 0.6 is 0 Å². The van der Waals surface area contributed by atoms with E-state index in [-0.39, 0.29) is 0 Å². The van der Waals surface area contributed by atoms with E-state index in [1.807, 2.05) is 12.1 Å². The van der Waals surface area contributed by atoms with Crippen molar-refractivity contribution in [1.82, 2.24) is 18.8 Å². The highest BCUT2D eigenvalue weighted by molar-refractivity contribution is 5.88. The Labute approximate surface area is 430 Å². The van der Waals surface area contributed by atoms with Crippen LogP contribution in [0.25, 0.3) is 78.6 Å². The molecule has 6 nitrogen and oxygen atoms in total. The fourth-order valence-corrected chi connectivity index (χ4v) is 10.2. The van der Waals surface area contributed by atoms with Gasteiger partial charge in [0.1, 0.15) is 11.3 Å². The lowest BCUT2D eigenvalue weighted by Crippen LogP contribution is -2.10. The Bertz CT molecular complexity index is 4040. The van der Waals surface area contributed by atoms with E-state index in [2.05, 4.69) is 298 Å². The third-order valence-corrected chi connectivity index (χ3v) is 13.7. The van der Waals surface area contributed by atoms with E-state index in [9.17, 15) is 0 Å². The van der Waals surface area contributed by atoms with Crippen LogP contribution in [0.2, 0.25) is 0 Å². The third kappa shape index (κ3) is 8.36. The molecule has 4 aromatic heterocycles. The number of hydrogen-bond acceptors (Lipinski definition) is 4. The molecule has 0 amide bonds. The lowest BCUT2D eigenvalue weighted by molar-refractivity contribution is 1.19. The first-order valence-electron chi connectivity index (χ1n) is 25.0. The van der Waals surface area contributed by atoms with Gasteiger partial charge in [-0.3, -0.25) is 8.80 Å². The number of benzene rings is 9. The van der Waals surface area contributed by atoms with Crippen LogP contribution in [-0.2, 0) is 0 Å². The van der Waals surface area contributed by atoms with Crippen molar-refractivity contribution in [3.63, 3.8) is 0 Å². The second-order valence-electron chi connectivity index (χ2n) is 18.3. The summed E-state index contributed by atoms with van der Waals surface area (Å²) in [6.07, 6.45) is 4.19. The van der Waals surface area contributed by atoms with E-state index in [0.29, 0.717) is 0 Å². The first kappa shape index (κ1) is 43.9. The lowest BCUT2D eigenvalue weighted by Gasteiger charge is -2.27. The van der Waals surface area contributed by atoms with Crippen LogP contribution in [0.15, 0.2) is 291 Å². The highest BCUT2D eigenvalue weighted by atomic mass is 15.1. The molecule has 0 aliphatic rings. The summed E-state index contributed by atoms with van der Waals surface area (Å²) in [5.74, 6) is 0. The normalized spacial score (nSPS) is 11.2. The molecule has 0 spiro atoms. The molecular weight excluding hydrogens is 901 g/mol. The predicted octanol–water partition coefficient (Wildman–Crippen LogP) is 17.9. The van der Waals surface area contributed by atoms with Gasteiger partial charge in [0.25, 0.3) is 0 Å². The van der Waals surface area contributed by atoms with Crippen molar-refractivity contribution >= 4 is 45.4 Å². The molecule has 0 unspecified atom stereocenters. The summed E-state index contributed by atoms with van der Waals surface area (Å²) in [6.45, 7) is 0. The molecule has 0 radical (unpaired) electrons. The van der Waals surface area contributed by atoms with Crippen molar-refractivity contribution in [2.75, 3.05) is 9.80 Å². The fraction of sp³-hybridized carbons (Fsp3) is 0. The summed E-state index contributed by atoms with van der Waals surface area (Å²) in [4.78, 5) is 15.1. The molecule has 74 heavy (non-hydrogen) atoms. The van der Waals surface area contributed by atoms with Crippen molar-refractivity contribution in [2.45, 2.75) is 0 Å². The van der Waals surface area contributed by atoms with Crippen molar-refractivity contribution < 1.29 is 0 Å². The largest absolute Gasteiger partial charge is 0.310 e. The van der Waals surface area contributed by atoms with Crippen LogP contribution < -0.4 is 9.80 Å². The monoisotopic (exact) mass is 948 g/mol. The minimum absolute atomic E-state index is 0.905. The smallest absolute Gasteiger partial charge is 0.137 e. The summed E-state index contributed by atoms with van der Waals surface area (Å²) in [6, 6.07) is 98.7. The maximum atomic E-state index is 5.22. The molecule has 13 rings (SSSR count). The quantitative estimate of drug-likeness (QED) is 0.122. The molecule has 0 N–H and O–H groups in total. The van der Waals surface area contributed by atoms with Gasteiger partial charge in [-0.2, -0.15) is 0 Å². The van der Waals surface area contributed by atoms with E-state index in [4.69, 9.17) is 9.97 Å². The summed E-state index contributed by atoms with van der Waals surface area (Å²) >= 11 is 0. The van der Waals surface area contributed by atoms with Gasteiger partial charge in [-0.25, -0.2) is 9.97 Å². The number of hydrogen-bond donors (Lipinski definition) is 0. The van der Waals surface area contributed by atoms with Crippen LogP contribution in [0, 0.1) is 0 Å². The van der Waals surface area contributed by atoms with Crippen molar-refractivity contribution in [2.24, 2.45) is 0 Å². The van der Waals surface area contributed by atoms with Gasteiger partial charge in [-0.05, 0) is 119 Å². The molecule has 13 aromatic rings. The molecule has 0 saturated heterocycles. The lowest BCUT2D eigenvalue weighted by atomic mass is 10.0. The standard InChI is InChI=1S/C68H48N6/c1-5-19-49(20-6-1)50-33-39-59(40-34-50)74(62-30-18-26-56(48-62)66-68(54-23-9-3-10-24-54)72-46-16-14-32-64(72)70-66)60-43-37-52(38-44-60)51-35-41-58(42-36-51)73(57-27-11-4-12-28-57)61-29-17-25-55(47-61)65-67(53-21-7-2-8-22-53)71-45-15-13-31-63(71)69-65/h1-48H. The van der Waals surface area contributed by atoms with Crippen molar-refractivity contribution in [3.05, 3.63) is 291 Å². The Kier molecular flexibility index (Phi) is 11.4. The highest BCUT2D eigenvalue weighted by Gasteiger charge is 2.21. The number of nitrogens with zero attached hydrogens (tertiary/aromatic N) is 6. The van der Waals surface area contributed by atoms with E-state index < -0.39 is 0 Å². The first-order chi connectivity index (χ1) is 36.7. The number of imidazole rings is 2. The van der Waals surface area contributed by atoms with Gasteiger partial charge in [0.15, 0.2) is 0 Å². The van der Waals surface area contributed by atoms with Gasteiger partial charge in [-0.15, -0.1) is 0 Å². The van der Waals surface area contributed by atoms with Crippen LogP contribution in [0.4, 0.5) is 34.1 Å². The Balaban J connectivity index is 0.853. The zero-order chi connectivity index (χ0) is 49.2. The maximum absolute atomic E-state index is 5.22. The second kappa shape index (κ2) is 19.3. The van der Waals surface area contributed by atoms with E-state index >= 15 is 0 Å². The van der Waals surface area contributed by atoms with E-state index in [1.165, 1.54) is 11.1 Å². The van der Waals surface area contributed by atoms with Gasteiger partial charge in [-0.1, -0.05) is 182 Å². The zero-order valence-electron chi connectivity index (χ0n) is 40.4. The van der Waals surface area contributed by atoms with Crippen LogP contribution in [0.3, 0.4) is 0 Å². The molecular formula is C68H48N6. The van der Waals surface area contributed by atoms with Crippen LogP contribution in [0.5, 0.6) is 0 Å². The minimum Gasteiger partial charge on any atom is -0.310 e. The zero-order valence-corrected chi connectivity index (χ0v) is 40.4. The first-order valence-corrected chi connectivity index (χ1v) is 25.0. The third-order valence-electron chi connectivity index (χ3n) is 13.7. The molecule has 4 heterocycles. The highest BCUT2D eigenvalue weighted by Crippen LogP contribution is 2.42. The molecule has 0 bridgehead atoms. The number of aromatic nitrogens is 4. The summed E-state index contributed by atoms with van der Waals surface area (Å²) in [7, 11) is 0. The molecule has 0 saturated carbocycles. The summed E-state index contributed by atoms with van der Waals surface area (Å²) < 4.78 is 4.37. The van der Waals surface area contributed by atoms with E-state index in [1.54, 1.807) is 0 Å². The Morgan fingerprint density at radius 2 is 0.527 bits per heavy atom. The molecule has 350 valence electrons. The molecule has 0 aliphatic carbocycles. The maximum Gasteiger partial charge on any atom is 0.137 e. The number of rotatable bonds is 12. The summed E-state index contributed by atoms with van der Waals surface area (Å²) in [5, 5.41) is 0. The number of para-hydroxylation sites is 1. The Morgan fingerprint density at radius 3 is 0.919 bits per heavy atom. The van der Waals surface area contributed by atoms with Gasteiger partial charge in [0, 0.05) is 68.8 Å². The number of fused-ring (bicyclic) bond motifs is 2. The minimum atomic E-state index is 0.905. The average Bonchev–Trinajstić information content (AvgIpc) is 4.07.